The molecule has 9 nitrogen and oxygen atoms in total. The van der Waals surface area contributed by atoms with E-state index in [1.165, 1.54) is 12.8 Å². The second-order valence-corrected chi connectivity index (χ2v) is 9.27. The van der Waals surface area contributed by atoms with E-state index in [0.29, 0.717) is 23.4 Å². The van der Waals surface area contributed by atoms with E-state index in [1.54, 1.807) is 6.20 Å². The fourth-order valence-electron chi connectivity index (χ4n) is 4.43. The van der Waals surface area contributed by atoms with Crippen LogP contribution in [-0.2, 0) is 0 Å². The summed E-state index contributed by atoms with van der Waals surface area (Å²) in [5.74, 6) is 2.88. The van der Waals surface area contributed by atoms with E-state index >= 15 is 0 Å². The molecule has 9 heteroatoms. The molecule has 4 N–H and O–H groups in total. The summed E-state index contributed by atoms with van der Waals surface area (Å²) in [5.41, 5.74) is 4.84. The van der Waals surface area contributed by atoms with Crippen molar-refractivity contribution >= 4 is 23.4 Å². The van der Waals surface area contributed by atoms with Crippen molar-refractivity contribution in [1.29, 1.82) is 0 Å². The van der Waals surface area contributed by atoms with Gasteiger partial charge in [-0.25, -0.2) is 9.99 Å². The summed E-state index contributed by atoms with van der Waals surface area (Å²) in [5, 5.41) is 11.8. The van der Waals surface area contributed by atoms with Crippen molar-refractivity contribution in [2.75, 3.05) is 37.8 Å². The van der Waals surface area contributed by atoms with Crippen molar-refractivity contribution in [1.82, 2.24) is 30.6 Å². The molecule has 1 aromatic heterocycles. The highest BCUT2D eigenvalue weighted by Crippen LogP contribution is 2.37. The van der Waals surface area contributed by atoms with Crippen molar-refractivity contribution < 1.29 is 4.79 Å². The summed E-state index contributed by atoms with van der Waals surface area (Å²) in [6.45, 7) is 2.04. The van der Waals surface area contributed by atoms with E-state index in [-0.39, 0.29) is 11.9 Å². The van der Waals surface area contributed by atoms with E-state index in [1.807, 2.05) is 30.3 Å². The summed E-state index contributed by atoms with van der Waals surface area (Å²) < 4.78 is 0. The van der Waals surface area contributed by atoms with E-state index in [4.69, 9.17) is 0 Å². The molecule has 1 aliphatic carbocycles. The maximum atomic E-state index is 12.6. The molecule has 33 heavy (non-hydrogen) atoms. The molecule has 3 heterocycles. The highest BCUT2D eigenvalue weighted by molar-refractivity contribution is 5.94. The number of likely N-dealkylation sites (tertiary alicyclic amines) is 1. The highest BCUT2D eigenvalue weighted by Gasteiger charge is 2.36. The Balaban J connectivity index is 1.17. The van der Waals surface area contributed by atoms with Gasteiger partial charge >= 0.3 is 0 Å². The first-order valence-electron chi connectivity index (χ1n) is 11.7. The molecule has 2 aliphatic heterocycles. The van der Waals surface area contributed by atoms with Crippen molar-refractivity contribution in [3.8, 4) is 0 Å². The number of aromatic nitrogens is 2. The molecule has 0 spiro atoms. The number of piperidine rings is 1. The van der Waals surface area contributed by atoms with Gasteiger partial charge in [0.1, 0.15) is 11.6 Å². The fourth-order valence-corrected chi connectivity index (χ4v) is 4.43. The van der Waals surface area contributed by atoms with Gasteiger partial charge in [0.2, 0.25) is 5.95 Å². The molecule has 1 saturated heterocycles. The predicted molar refractivity (Wildman–Crippen MR) is 129 cm³/mol. The maximum Gasteiger partial charge on any atom is 0.251 e. The van der Waals surface area contributed by atoms with Gasteiger partial charge in [-0.2, -0.15) is 4.98 Å². The molecule has 2 aromatic rings. The molecule has 0 radical (unpaired) electrons. The number of rotatable bonds is 7. The molecule has 0 bridgehead atoms. The largest absolute Gasteiger partial charge is 0.349 e. The number of hydrogen-bond acceptors (Lipinski definition) is 8. The lowest BCUT2D eigenvalue weighted by Gasteiger charge is -2.29. The maximum absolute atomic E-state index is 12.6. The quantitative estimate of drug-likeness (QED) is 0.513. The summed E-state index contributed by atoms with van der Waals surface area (Å²) in [6, 6.07) is 9.94. The van der Waals surface area contributed by atoms with Gasteiger partial charge in [0.05, 0.1) is 6.04 Å². The Hall–Kier alpha value is -3.17. The van der Waals surface area contributed by atoms with Crippen LogP contribution in [0.5, 0.6) is 0 Å². The Morgan fingerprint density at radius 3 is 2.52 bits per heavy atom. The number of benzene rings is 1. The fraction of sp³-hybridized carbons (Fsp3) is 0.458. The highest BCUT2D eigenvalue weighted by atomic mass is 16.1. The zero-order valence-corrected chi connectivity index (χ0v) is 19.2. The third-order valence-corrected chi connectivity index (χ3v) is 6.56. The minimum Gasteiger partial charge on any atom is -0.349 e. The van der Waals surface area contributed by atoms with Gasteiger partial charge in [-0.15, -0.1) is 0 Å². The molecule has 3 aliphatic rings. The number of anilines is 3. The second-order valence-electron chi connectivity index (χ2n) is 9.27. The van der Waals surface area contributed by atoms with E-state index in [0.717, 1.165) is 43.4 Å². The Kier molecular flexibility index (Phi) is 6.15. The van der Waals surface area contributed by atoms with Gasteiger partial charge in [-0.3, -0.25) is 4.79 Å². The van der Waals surface area contributed by atoms with Gasteiger partial charge in [0, 0.05) is 30.5 Å². The van der Waals surface area contributed by atoms with Gasteiger partial charge in [0.15, 0.2) is 0 Å². The van der Waals surface area contributed by atoms with Crippen LogP contribution in [0.1, 0.15) is 36.0 Å². The predicted octanol–water partition coefficient (Wildman–Crippen LogP) is 2.53. The molecule has 1 saturated carbocycles. The van der Waals surface area contributed by atoms with E-state index in [9.17, 15) is 4.79 Å². The number of hydrazine groups is 1. The first-order valence-corrected chi connectivity index (χ1v) is 11.7. The number of carbonyl (C=O) groups excluding carboxylic acids is 1. The summed E-state index contributed by atoms with van der Waals surface area (Å²) in [6.07, 6.45) is 8.52. The van der Waals surface area contributed by atoms with E-state index < -0.39 is 0 Å². The minimum atomic E-state index is -0.0228. The monoisotopic (exact) mass is 448 g/mol. The topological polar surface area (TPSA) is 97.5 Å². The van der Waals surface area contributed by atoms with Crippen LogP contribution in [0.2, 0.25) is 0 Å². The molecular formula is C24H32N8O. The summed E-state index contributed by atoms with van der Waals surface area (Å²) >= 11 is 0. The second kappa shape index (κ2) is 9.36. The molecule has 174 valence electrons. The van der Waals surface area contributed by atoms with Crippen LogP contribution in [0.25, 0.3) is 0 Å². The lowest BCUT2D eigenvalue weighted by molar-refractivity contribution is 0.0917. The van der Waals surface area contributed by atoms with Crippen LogP contribution in [0.4, 0.5) is 17.5 Å². The Labute approximate surface area is 194 Å². The first kappa shape index (κ1) is 21.7. The average Bonchev–Trinajstić information content (AvgIpc) is 3.59. The Morgan fingerprint density at radius 2 is 1.79 bits per heavy atom. The lowest BCUT2D eigenvalue weighted by Crippen LogP contribution is -2.43. The summed E-state index contributed by atoms with van der Waals surface area (Å²) in [4.78, 5) is 23.8. The third kappa shape index (κ3) is 5.43. The van der Waals surface area contributed by atoms with E-state index in [2.05, 4.69) is 61.4 Å². The molecule has 1 atom stereocenters. The molecule has 5 rings (SSSR count). The number of carbonyl (C=O) groups is 1. The SMILES string of the molecule is CN1CCC(NC(=O)c2ccc(Nc3nccc(NC4=CC(C5CC5)N(C)N4)n3)cc2)CC1. The Bertz CT molecular complexity index is 1010. The van der Waals surface area contributed by atoms with Crippen molar-refractivity contribution in [2.45, 2.75) is 37.8 Å². The van der Waals surface area contributed by atoms with Gasteiger partial charge in [-0.05, 0) is 88.1 Å². The van der Waals surface area contributed by atoms with Gasteiger partial charge in [0.25, 0.3) is 5.91 Å². The van der Waals surface area contributed by atoms with Crippen LogP contribution in [0, 0.1) is 5.92 Å². The smallest absolute Gasteiger partial charge is 0.251 e. The van der Waals surface area contributed by atoms with Crippen LogP contribution in [0.3, 0.4) is 0 Å². The number of amides is 1. The number of nitrogens with zero attached hydrogens (tertiary/aromatic N) is 4. The standard InChI is InChI=1S/C24H32N8O/c1-31-13-10-19(11-14-31)26-23(33)17-5-7-18(8-6-17)27-24-25-12-9-21(29-24)28-22-15-20(16-3-4-16)32(2)30-22/h5-9,12,15-16,19-20,30H,3-4,10-11,13-14H2,1-2H3,(H,26,33)(H2,25,27,28,29). The van der Waals surface area contributed by atoms with Gasteiger partial charge in [-0.1, -0.05) is 0 Å². The van der Waals surface area contributed by atoms with Crippen molar-refractivity contribution in [3.63, 3.8) is 0 Å². The number of likely N-dealkylation sites (N-methyl/N-ethyl adjacent to an activating group) is 1. The van der Waals surface area contributed by atoms with Crippen LogP contribution in [0.15, 0.2) is 48.4 Å². The van der Waals surface area contributed by atoms with Crippen LogP contribution >= 0.6 is 0 Å². The zero-order valence-electron chi connectivity index (χ0n) is 19.2. The van der Waals surface area contributed by atoms with Crippen molar-refractivity contribution in [3.05, 3.63) is 54.0 Å². The normalized spacial score (nSPS) is 21.9. The summed E-state index contributed by atoms with van der Waals surface area (Å²) in [7, 11) is 4.18. The number of hydrogen-bond donors (Lipinski definition) is 4. The molecule has 1 aromatic carbocycles. The van der Waals surface area contributed by atoms with Crippen LogP contribution in [-0.4, -0.2) is 65.1 Å². The van der Waals surface area contributed by atoms with Crippen molar-refractivity contribution in [2.24, 2.45) is 5.92 Å². The van der Waals surface area contributed by atoms with Crippen LogP contribution < -0.4 is 21.4 Å². The molecular weight excluding hydrogens is 416 g/mol. The molecule has 1 unspecified atom stereocenters. The molecule has 1 amide bonds. The molecule has 2 fully saturated rings. The zero-order chi connectivity index (χ0) is 22.8. The number of nitrogens with one attached hydrogen (secondary N) is 4. The average molecular weight is 449 g/mol. The Morgan fingerprint density at radius 1 is 1.03 bits per heavy atom. The lowest BCUT2D eigenvalue weighted by atomic mass is 10.0. The third-order valence-electron chi connectivity index (χ3n) is 6.56. The van der Waals surface area contributed by atoms with Gasteiger partial charge < -0.3 is 26.3 Å². The minimum absolute atomic E-state index is 0.0228. The first-order chi connectivity index (χ1) is 16.0.